The molecule has 0 radical (unpaired) electrons. The number of hydrogen-bond donors (Lipinski definition) is 2. The molecule has 0 aliphatic rings. The highest BCUT2D eigenvalue weighted by atomic mass is 127. The van der Waals surface area contributed by atoms with Crippen LogP contribution in [0, 0.1) is 3.57 Å². The number of carbonyl (C=O) groups excluding carboxylic acids is 1. The van der Waals surface area contributed by atoms with Gasteiger partial charge in [0, 0.05) is 15.3 Å². The van der Waals surface area contributed by atoms with Crippen molar-refractivity contribution in [2.75, 3.05) is 5.73 Å². The zero-order valence-electron chi connectivity index (χ0n) is 6.47. The Morgan fingerprint density at radius 2 is 2.17 bits per heavy atom. The van der Waals surface area contributed by atoms with Gasteiger partial charge in [-0.25, -0.2) is 0 Å². The Morgan fingerprint density at radius 1 is 1.58 bits per heavy atom. The molecule has 0 unspecified atom stereocenters. The van der Waals surface area contributed by atoms with Crippen LogP contribution < -0.4 is 5.73 Å². The molecule has 1 aromatic carbocycles. The Balaban J connectivity index is 3.38. The smallest absolute Gasteiger partial charge is 0.162 e. The molecule has 12 heavy (non-hydrogen) atoms. The predicted octanol–water partition coefficient (Wildman–Crippen LogP) is 1.78. The highest BCUT2D eigenvalue weighted by Gasteiger charge is 2.10. The minimum Gasteiger partial charge on any atom is -0.508 e. The quantitative estimate of drug-likeness (QED) is 0.467. The molecule has 0 bridgehead atoms. The van der Waals surface area contributed by atoms with Gasteiger partial charge in [0.15, 0.2) is 5.78 Å². The summed E-state index contributed by atoms with van der Waals surface area (Å²) in [6.07, 6.45) is 0. The highest BCUT2D eigenvalue weighted by molar-refractivity contribution is 14.1. The summed E-state index contributed by atoms with van der Waals surface area (Å²) in [6.45, 7) is 1.45. The maximum atomic E-state index is 11.0. The van der Waals surface area contributed by atoms with Crippen LogP contribution in [-0.2, 0) is 0 Å². The lowest BCUT2D eigenvalue weighted by atomic mass is 10.1. The van der Waals surface area contributed by atoms with Gasteiger partial charge in [-0.2, -0.15) is 0 Å². The number of ketones is 1. The number of phenols is 1. The normalized spacial score (nSPS) is 9.83. The van der Waals surface area contributed by atoms with E-state index in [0.29, 0.717) is 14.8 Å². The molecule has 3 nitrogen and oxygen atoms in total. The predicted molar refractivity (Wildman–Crippen MR) is 55.2 cm³/mol. The molecule has 0 spiro atoms. The molecule has 0 saturated carbocycles. The molecule has 1 aromatic rings. The fourth-order valence-electron chi connectivity index (χ4n) is 0.984. The number of carbonyl (C=O) groups is 1. The molecular weight excluding hydrogens is 269 g/mol. The van der Waals surface area contributed by atoms with Crippen LogP contribution in [0.2, 0.25) is 0 Å². The van der Waals surface area contributed by atoms with Crippen molar-refractivity contribution < 1.29 is 9.90 Å². The van der Waals surface area contributed by atoms with Crippen LogP contribution in [0.15, 0.2) is 12.1 Å². The summed E-state index contributed by atoms with van der Waals surface area (Å²) in [5.74, 6) is -0.00111. The van der Waals surface area contributed by atoms with Crippen molar-refractivity contribution >= 4 is 34.1 Å². The highest BCUT2D eigenvalue weighted by Crippen LogP contribution is 2.25. The van der Waals surface area contributed by atoms with E-state index in [9.17, 15) is 4.79 Å². The van der Waals surface area contributed by atoms with Crippen molar-refractivity contribution in [1.82, 2.24) is 0 Å². The number of rotatable bonds is 1. The first-order valence-corrected chi connectivity index (χ1v) is 4.39. The molecule has 0 atom stereocenters. The fraction of sp³-hybridized carbons (Fsp3) is 0.125. The monoisotopic (exact) mass is 277 g/mol. The third-order valence-corrected chi connectivity index (χ3v) is 2.31. The third-order valence-electron chi connectivity index (χ3n) is 1.46. The first kappa shape index (κ1) is 9.31. The van der Waals surface area contributed by atoms with Crippen LogP contribution in [0.1, 0.15) is 17.3 Å². The van der Waals surface area contributed by atoms with Crippen molar-refractivity contribution in [3.63, 3.8) is 0 Å². The first-order chi connectivity index (χ1) is 5.52. The average molecular weight is 277 g/mol. The van der Waals surface area contributed by atoms with E-state index >= 15 is 0 Å². The van der Waals surface area contributed by atoms with E-state index in [-0.39, 0.29) is 11.5 Å². The summed E-state index contributed by atoms with van der Waals surface area (Å²) in [6, 6.07) is 2.88. The van der Waals surface area contributed by atoms with Gasteiger partial charge in [0.1, 0.15) is 5.75 Å². The summed E-state index contributed by atoms with van der Waals surface area (Å²) < 4.78 is 0.678. The van der Waals surface area contributed by atoms with Gasteiger partial charge in [-0.3, -0.25) is 4.79 Å². The summed E-state index contributed by atoms with van der Waals surface area (Å²) in [5.41, 5.74) is 6.34. The zero-order valence-corrected chi connectivity index (χ0v) is 8.62. The Morgan fingerprint density at radius 3 is 2.58 bits per heavy atom. The van der Waals surface area contributed by atoms with Crippen molar-refractivity contribution in [1.29, 1.82) is 0 Å². The Hall–Kier alpha value is -0.780. The molecule has 0 aliphatic heterocycles. The molecular formula is C8H8INO2. The minimum absolute atomic E-state index is 0.0851. The number of phenolic OH excluding ortho intramolecular Hbond substituents is 1. The van der Waals surface area contributed by atoms with Gasteiger partial charge in [0.2, 0.25) is 0 Å². The molecule has 0 heterocycles. The maximum Gasteiger partial charge on any atom is 0.162 e. The summed E-state index contributed by atoms with van der Waals surface area (Å²) in [4.78, 5) is 11.0. The number of hydrogen-bond acceptors (Lipinski definition) is 3. The number of halogens is 1. The summed E-state index contributed by atoms with van der Waals surface area (Å²) in [7, 11) is 0. The van der Waals surface area contributed by atoms with Crippen LogP contribution in [0.3, 0.4) is 0 Å². The minimum atomic E-state index is -0.0862. The Labute approximate surface area is 83.7 Å². The molecule has 0 fully saturated rings. The van der Waals surface area contributed by atoms with Gasteiger partial charge in [-0.15, -0.1) is 0 Å². The van der Waals surface area contributed by atoms with Gasteiger partial charge in [-0.1, -0.05) is 0 Å². The SMILES string of the molecule is CC(=O)c1c(N)cc(O)cc1I. The van der Waals surface area contributed by atoms with E-state index in [0.717, 1.165) is 0 Å². The summed E-state index contributed by atoms with van der Waals surface area (Å²) >= 11 is 1.97. The number of anilines is 1. The Bertz CT molecular complexity index is 313. The van der Waals surface area contributed by atoms with E-state index in [4.69, 9.17) is 10.8 Å². The molecule has 4 heteroatoms. The van der Waals surface area contributed by atoms with Gasteiger partial charge in [0.25, 0.3) is 0 Å². The second-order valence-corrected chi connectivity index (χ2v) is 3.61. The largest absolute Gasteiger partial charge is 0.508 e. The van der Waals surface area contributed by atoms with Crippen molar-refractivity contribution in [2.45, 2.75) is 6.92 Å². The van der Waals surface area contributed by atoms with Crippen LogP contribution in [0.4, 0.5) is 5.69 Å². The number of nitrogens with two attached hydrogens (primary N) is 1. The van der Waals surface area contributed by atoms with E-state index in [1.807, 2.05) is 22.6 Å². The molecule has 64 valence electrons. The van der Waals surface area contributed by atoms with Crippen molar-refractivity contribution in [3.05, 3.63) is 21.3 Å². The standard InChI is InChI=1S/C8H8INO2/c1-4(11)8-6(9)2-5(12)3-7(8)10/h2-3,12H,10H2,1H3. The number of aromatic hydroxyl groups is 1. The second kappa shape index (κ2) is 3.30. The number of benzene rings is 1. The topological polar surface area (TPSA) is 63.3 Å². The summed E-state index contributed by atoms with van der Waals surface area (Å²) in [5, 5.41) is 9.10. The maximum absolute atomic E-state index is 11.0. The molecule has 1 rings (SSSR count). The van der Waals surface area contributed by atoms with Gasteiger partial charge < -0.3 is 10.8 Å². The van der Waals surface area contributed by atoms with E-state index in [1.54, 1.807) is 0 Å². The van der Waals surface area contributed by atoms with Gasteiger partial charge in [0.05, 0.1) is 5.56 Å². The zero-order chi connectivity index (χ0) is 9.30. The fourth-order valence-corrected chi connectivity index (χ4v) is 1.99. The average Bonchev–Trinajstić information content (AvgIpc) is 1.82. The van der Waals surface area contributed by atoms with E-state index < -0.39 is 0 Å². The second-order valence-electron chi connectivity index (χ2n) is 2.45. The van der Waals surface area contributed by atoms with Crippen molar-refractivity contribution in [3.8, 4) is 5.75 Å². The molecule has 0 saturated heterocycles. The first-order valence-electron chi connectivity index (χ1n) is 3.31. The lowest BCUT2D eigenvalue weighted by Crippen LogP contribution is -2.02. The molecule has 0 amide bonds. The molecule has 3 N–H and O–H groups in total. The van der Waals surface area contributed by atoms with E-state index in [1.165, 1.54) is 19.1 Å². The van der Waals surface area contributed by atoms with Gasteiger partial charge in [-0.05, 0) is 35.6 Å². The molecule has 0 aliphatic carbocycles. The van der Waals surface area contributed by atoms with E-state index in [2.05, 4.69) is 0 Å². The van der Waals surface area contributed by atoms with Crippen LogP contribution in [-0.4, -0.2) is 10.9 Å². The third kappa shape index (κ3) is 1.69. The van der Waals surface area contributed by atoms with Crippen LogP contribution >= 0.6 is 22.6 Å². The van der Waals surface area contributed by atoms with Crippen LogP contribution in [0.25, 0.3) is 0 Å². The lowest BCUT2D eigenvalue weighted by molar-refractivity contribution is 0.101. The van der Waals surface area contributed by atoms with Gasteiger partial charge >= 0.3 is 0 Å². The van der Waals surface area contributed by atoms with Crippen molar-refractivity contribution in [2.24, 2.45) is 0 Å². The van der Waals surface area contributed by atoms with Crippen LogP contribution in [0.5, 0.6) is 5.75 Å². The lowest BCUT2D eigenvalue weighted by Gasteiger charge is -2.04. The molecule has 0 aromatic heterocycles. The number of nitrogen functional groups attached to an aromatic ring is 1. The number of Topliss-reactive ketones (excluding diaryl/α,β-unsaturated/α-hetero) is 1. The Kier molecular flexibility index (Phi) is 2.56.